The van der Waals surface area contributed by atoms with Gasteiger partial charge in [0, 0.05) is 10.6 Å². The largest absolute Gasteiger partial charge is 0.465 e. The number of nitrogen functional groups attached to an aromatic ring is 1. The van der Waals surface area contributed by atoms with Gasteiger partial charge in [0.15, 0.2) is 0 Å². The van der Waals surface area contributed by atoms with E-state index >= 15 is 0 Å². The number of carbonyl (C=O) groups is 3. The molecule has 0 amide bonds. The summed E-state index contributed by atoms with van der Waals surface area (Å²) in [5, 5.41) is 0.549. The average Bonchev–Trinajstić information content (AvgIpc) is 2.95. The first-order valence-corrected chi connectivity index (χ1v) is 8.09. The lowest BCUT2D eigenvalue weighted by molar-refractivity contribution is 0.0452. The van der Waals surface area contributed by atoms with Gasteiger partial charge in [0.25, 0.3) is 0 Å². The molecule has 0 unspecified atom stereocenters. The van der Waals surface area contributed by atoms with Gasteiger partial charge in [-0.15, -0.1) is 11.3 Å². The zero-order valence-electron chi connectivity index (χ0n) is 13.3. The molecule has 0 radical (unpaired) electrons. The molecule has 25 heavy (non-hydrogen) atoms. The van der Waals surface area contributed by atoms with Crippen LogP contribution in [0.25, 0.3) is 0 Å². The molecule has 0 spiro atoms. The van der Waals surface area contributed by atoms with Gasteiger partial charge < -0.3 is 19.9 Å². The van der Waals surface area contributed by atoms with Crippen LogP contribution in [-0.4, -0.2) is 32.1 Å². The van der Waals surface area contributed by atoms with Crippen molar-refractivity contribution in [2.45, 2.75) is 6.61 Å². The second-order valence-corrected chi connectivity index (χ2v) is 6.20. The summed E-state index contributed by atoms with van der Waals surface area (Å²) in [5.74, 6) is -2.07. The van der Waals surface area contributed by atoms with Crippen LogP contribution in [0.2, 0.25) is 5.02 Å². The highest BCUT2D eigenvalue weighted by Gasteiger charge is 2.28. The minimum atomic E-state index is -0.735. The summed E-state index contributed by atoms with van der Waals surface area (Å²) in [6.45, 7) is -0.343. The van der Waals surface area contributed by atoms with E-state index in [9.17, 15) is 14.4 Å². The van der Waals surface area contributed by atoms with Crippen molar-refractivity contribution in [2.24, 2.45) is 0 Å². The predicted octanol–water partition coefficient (Wildman–Crippen LogP) is 2.91. The lowest BCUT2D eigenvalue weighted by Gasteiger charge is -2.08. The number of rotatable bonds is 5. The van der Waals surface area contributed by atoms with Gasteiger partial charge in [-0.1, -0.05) is 11.6 Å². The molecule has 2 aromatic rings. The van der Waals surface area contributed by atoms with Gasteiger partial charge in [-0.05, 0) is 24.3 Å². The van der Waals surface area contributed by atoms with Crippen molar-refractivity contribution in [2.75, 3.05) is 20.0 Å². The summed E-state index contributed by atoms with van der Waals surface area (Å²) in [5.41, 5.74) is 6.20. The summed E-state index contributed by atoms with van der Waals surface area (Å²) < 4.78 is 14.5. The van der Waals surface area contributed by atoms with E-state index in [1.807, 2.05) is 0 Å². The van der Waals surface area contributed by atoms with E-state index in [4.69, 9.17) is 22.1 Å². The zero-order chi connectivity index (χ0) is 18.6. The Hall–Kier alpha value is -2.58. The minimum Gasteiger partial charge on any atom is -0.465 e. The molecule has 132 valence electrons. The van der Waals surface area contributed by atoms with Gasteiger partial charge in [-0.2, -0.15) is 0 Å². The fourth-order valence-electron chi connectivity index (χ4n) is 2.01. The van der Waals surface area contributed by atoms with Crippen molar-refractivity contribution >= 4 is 45.8 Å². The molecule has 1 heterocycles. The van der Waals surface area contributed by atoms with E-state index in [0.717, 1.165) is 11.3 Å². The molecule has 7 nitrogen and oxygen atoms in total. The van der Waals surface area contributed by atoms with Gasteiger partial charge in [-0.3, -0.25) is 0 Å². The molecule has 0 atom stereocenters. The third kappa shape index (κ3) is 4.09. The van der Waals surface area contributed by atoms with Gasteiger partial charge in [0.2, 0.25) is 0 Å². The summed E-state index contributed by atoms with van der Waals surface area (Å²) >= 11 is 6.63. The van der Waals surface area contributed by atoms with E-state index in [1.54, 1.807) is 12.1 Å². The van der Waals surface area contributed by atoms with E-state index in [1.165, 1.54) is 26.4 Å². The molecular formula is C16H14ClNO6S. The van der Waals surface area contributed by atoms with E-state index in [-0.39, 0.29) is 33.2 Å². The number of ether oxygens (including phenoxy) is 3. The van der Waals surface area contributed by atoms with Crippen LogP contribution < -0.4 is 5.73 Å². The second-order valence-electron chi connectivity index (χ2n) is 4.72. The molecule has 9 heteroatoms. The number of thiophene rings is 1. The maximum Gasteiger partial charge on any atom is 0.348 e. The maximum atomic E-state index is 12.1. The van der Waals surface area contributed by atoms with Gasteiger partial charge in [-0.25, -0.2) is 14.4 Å². The van der Waals surface area contributed by atoms with Crippen LogP contribution in [0.3, 0.4) is 0 Å². The Morgan fingerprint density at radius 1 is 1.04 bits per heavy atom. The molecule has 1 aromatic carbocycles. The lowest BCUT2D eigenvalue weighted by atomic mass is 10.1. The van der Waals surface area contributed by atoms with E-state index in [0.29, 0.717) is 5.02 Å². The third-order valence-corrected chi connectivity index (χ3v) is 4.52. The number of halogens is 1. The first-order valence-electron chi connectivity index (χ1n) is 6.89. The molecule has 0 aliphatic heterocycles. The molecule has 2 rings (SSSR count). The fraction of sp³-hybridized carbons (Fsp3) is 0.188. The number of anilines is 1. The third-order valence-electron chi connectivity index (χ3n) is 3.22. The van der Waals surface area contributed by atoms with Crippen LogP contribution >= 0.6 is 22.9 Å². The van der Waals surface area contributed by atoms with Gasteiger partial charge >= 0.3 is 17.9 Å². The van der Waals surface area contributed by atoms with Crippen molar-refractivity contribution < 1.29 is 28.6 Å². The molecule has 0 fully saturated rings. The molecule has 0 saturated heterocycles. The predicted molar refractivity (Wildman–Crippen MR) is 92.0 cm³/mol. The number of hydrogen-bond acceptors (Lipinski definition) is 8. The van der Waals surface area contributed by atoms with Crippen LogP contribution in [0.4, 0.5) is 5.00 Å². The van der Waals surface area contributed by atoms with Crippen molar-refractivity contribution in [3.8, 4) is 0 Å². The average molecular weight is 384 g/mol. The molecule has 0 bridgehead atoms. The highest BCUT2D eigenvalue weighted by molar-refractivity contribution is 7.18. The Morgan fingerprint density at radius 2 is 1.64 bits per heavy atom. The summed E-state index contributed by atoms with van der Waals surface area (Å²) in [6.07, 6.45) is 0. The van der Waals surface area contributed by atoms with Crippen molar-refractivity contribution in [1.82, 2.24) is 0 Å². The molecular weight excluding hydrogens is 370 g/mol. The van der Waals surface area contributed by atoms with Crippen LogP contribution in [0.15, 0.2) is 24.3 Å². The molecule has 2 N–H and O–H groups in total. The van der Waals surface area contributed by atoms with Crippen molar-refractivity contribution in [3.63, 3.8) is 0 Å². The monoisotopic (exact) mass is 383 g/mol. The Morgan fingerprint density at radius 3 is 2.20 bits per heavy atom. The van der Waals surface area contributed by atoms with E-state index in [2.05, 4.69) is 9.47 Å². The topological polar surface area (TPSA) is 105 Å². The Kier molecular flexibility index (Phi) is 6.00. The van der Waals surface area contributed by atoms with Gasteiger partial charge in [0.05, 0.1) is 19.8 Å². The van der Waals surface area contributed by atoms with Crippen LogP contribution in [0.5, 0.6) is 0 Å². The fourth-order valence-corrected chi connectivity index (χ4v) is 3.12. The first kappa shape index (κ1) is 18.8. The smallest absolute Gasteiger partial charge is 0.348 e. The normalized spacial score (nSPS) is 10.2. The Bertz CT molecular complexity index is 815. The number of carbonyl (C=O) groups excluding carboxylic acids is 3. The van der Waals surface area contributed by atoms with Crippen LogP contribution in [0, 0.1) is 0 Å². The van der Waals surface area contributed by atoms with Crippen LogP contribution in [0.1, 0.15) is 36.0 Å². The highest BCUT2D eigenvalue weighted by atomic mass is 35.5. The summed E-state index contributed by atoms with van der Waals surface area (Å²) in [7, 11) is 2.38. The standard InChI is InChI=1S/C16H14ClNO6S/c1-22-15(20)11-10(12(16(21)23-2)25-13(11)18)7-24-14(19)8-3-5-9(17)6-4-8/h3-6H,7,18H2,1-2H3. The summed E-state index contributed by atoms with van der Waals surface area (Å²) in [6, 6.07) is 6.07. The van der Waals surface area contributed by atoms with Gasteiger partial charge in [0.1, 0.15) is 22.0 Å². The van der Waals surface area contributed by atoms with Crippen molar-refractivity contribution in [1.29, 1.82) is 0 Å². The maximum absolute atomic E-state index is 12.1. The Balaban J connectivity index is 2.30. The summed E-state index contributed by atoms with van der Waals surface area (Å²) in [4.78, 5) is 36.0. The minimum absolute atomic E-state index is 0.0168. The second kappa shape index (κ2) is 8.00. The zero-order valence-corrected chi connectivity index (χ0v) is 14.9. The molecule has 0 aliphatic carbocycles. The molecule has 0 aliphatic rings. The first-order chi connectivity index (χ1) is 11.9. The number of hydrogen-bond donors (Lipinski definition) is 1. The quantitative estimate of drug-likeness (QED) is 0.625. The highest BCUT2D eigenvalue weighted by Crippen LogP contribution is 2.33. The molecule has 1 aromatic heterocycles. The molecule has 0 saturated carbocycles. The van der Waals surface area contributed by atoms with Crippen molar-refractivity contribution in [3.05, 3.63) is 50.9 Å². The van der Waals surface area contributed by atoms with E-state index < -0.39 is 17.9 Å². The lowest BCUT2D eigenvalue weighted by Crippen LogP contribution is -2.12. The Labute approximate surface area is 152 Å². The number of methoxy groups -OCH3 is 2. The number of benzene rings is 1. The SMILES string of the molecule is COC(=O)c1sc(N)c(C(=O)OC)c1COC(=O)c1ccc(Cl)cc1. The number of esters is 3. The van der Waals surface area contributed by atoms with Crippen LogP contribution in [-0.2, 0) is 20.8 Å². The number of nitrogens with two attached hydrogens (primary N) is 1.